The van der Waals surface area contributed by atoms with E-state index >= 15 is 0 Å². The van der Waals surface area contributed by atoms with Crippen molar-refractivity contribution in [3.05, 3.63) is 218 Å². The molecule has 7 heteroatoms. The molecule has 15 rings (SSSR count). The molecule has 5 heterocycles. The van der Waals surface area contributed by atoms with Crippen LogP contribution in [0.4, 0.5) is 0 Å². The van der Waals surface area contributed by atoms with Crippen LogP contribution in [0, 0.1) is 0 Å². The van der Waals surface area contributed by atoms with E-state index in [2.05, 4.69) is 162 Å². The summed E-state index contributed by atoms with van der Waals surface area (Å²) in [5.74, 6) is 1.71. The maximum absolute atomic E-state index is 6.87. The highest BCUT2D eigenvalue weighted by atomic mass is 16.3. The largest absolute Gasteiger partial charge is 0.456 e. The third-order valence-corrected chi connectivity index (χ3v) is 13.9. The number of furan rings is 3. The fraction of sp³-hybridized carbons (Fsp3) is 0. The van der Waals surface area contributed by atoms with Crippen LogP contribution >= 0.6 is 0 Å². The second-order valence-corrected chi connectivity index (χ2v) is 17.8. The van der Waals surface area contributed by atoms with E-state index in [1.54, 1.807) is 0 Å². The fourth-order valence-corrected chi connectivity index (χ4v) is 10.7. The highest BCUT2D eigenvalue weighted by molar-refractivity contribution is 6.18. The van der Waals surface area contributed by atoms with Crippen molar-refractivity contribution in [2.24, 2.45) is 0 Å². The van der Waals surface area contributed by atoms with Gasteiger partial charge in [0, 0.05) is 65.3 Å². The van der Waals surface area contributed by atoms with Crippen LogP contribution in [0.25, 0.3) is 150 Å². The maximum Gasteiger partial charge on any atom is 0.164 e. The Morgan fingerprint density at radius 2 is 0.800 bits per heavy atom. The van der Waals surface area contributed by atoms with Gasteiger partial charge in [-0.3, -0.25) is 0 Å². The van der Waals surface area contributed by atoms with Crippen LogP contribution in [0.1, 0.15) is 0 Å². The van der Waals surface area contributed by atoms with E-state index in [1.807, 2.05) is 60.7 Å². The Kier molecular flexibility index (Phi) is 8.23. The zero-order valence-corrected chi connectivity index (χ0v) is 37.3. The summed E-state index contributed by atoms with van der Waals surface area (Å²) >= 11 is 0. The molecular weight excluding hydrogens is 861 g/mol. The van der Waals surface area contributed by atoms with Gasteiger partial charge in [0.15, 0.2) is 23.1 Å². The summed E-state index contributed by atoms with van der Waals surface area (Å²) in [7, 11) is 0. The highest BCUT2D eigenvalue weighted by Crippen LogP contribution is 2.44. The summed E-state index contributed by atoms with van der Waals surface area (Å²) in [6.07, 6.45) is 0. The SMILES string of the molecule is c1ccc(-c2nc(-c3ccc(-c4cccc5c4oc4ccccc45)cc3)nc(-c3cccc4oc5ccc(-c6cccc7oc8c(-n9c%10ccccc%10c%10ccccc%109)cccc8c67)cc5c34)n2)cc1. The van der Waals surface area contributed by atoms with Crippen LogP contribution < -0.4 is 0 Å². The summed E-state index contributed by atoms with van der Waals surface area (Å²) < 4.78 is 22.2. The minimum atomic E-state index is 0.555. The minimum Gasteiger partial charge on any atom is -0.456 e. The predicted octanol–water partition coefficient (Wildman–Crippen LogP) is 17.0. The number of benzene rings is 10. The van der Waals surface area contributed by atoms with Gasteiger partial charge < -0.3 is 17.8 Å². The van der Waals surface area contributed by atoms with Crippen molar-refractivity contribution >= 4 is 87.6 Å². The van der Waals surface area contributed by atoms with Crippen LogP contribution in [0.15, 0.2) is 232 Å². The third kappa shape index (κ3) is 5.79. The molecule has 0 aliphatic rings. The molecule has 5 aromatic heterocycles. The summed E-state index contributed by atoms with van der Waals surface area (Å²) in [6.45, 7) is 0. The van der Waals surface area contributed by atoms with Gasteiger partial charge in [0.1, 0.15) is 27.9 Å². The smallest absolute Gasteiger partial charge is 0.164 e. The summed E-state index contributed by atoms with van der Waals surface area (Å²) in [4.78, 5) is 15.5. The van der Waals surface area contributed by atoms with Crippen LogP contribution in [-0.4, -0.2) is 19.5 Å². The number of rotatable bonds is 6. The van der Waals surface area contributed by atoms with Gasteiger partial charge in [-0.15, -0.1) is 0 Å². The van der Waals surface area contributed by atoms with Crippen LogP contribution in [-0.2, 0) is 0 Å². The molecule has 0 fully saturated rings. The van der Waals surface area contributed by atoms with Gasteiger partial charge in [0.05, 0.1) is 16.7 Å². The lowest BCUT2D eigenvalue weighted by Gasteiger charge is -2.10. The van der Waals surface area contributed by atoms with Crippen molar-refractivity contribution < 1.29 is 13.3 Å². The Morgan fingerprint density at radius 3 is 1.59 bits per heavy atom. The average Bonchev–Trinajstić information content (AvgIpc) is 4.20. The molecule has 0 aliphatic heterocycles. The average molecular weight is 897 g/mol. The van der Waals surface area contributed by atoms with Crippen molar-refractivity contribution in [2.75, 3.05) is 0 Å². The molecule has 326 valence electrons. The highest BCUT2D eigenvalue weighted by Gasteiger charge is 2.22. The number of hydrogen-bond acceptors (Lipinski definition) is 6. The molecule has 70 heavy (non-hydrogen) atoms. The molecule has 7 nitrogen and oxygen atoms in total. The van der Waals surface area contributed by atoms with Crippen molar-refractivity contribution in [1.29, 1.82) is 0 Å². The van der Waals surface area contributed by atoms with Gasteiger partial charge in [-0.25, -0.2) is 15.0 Å². The number of nitrogens with zero attached hydrogens (tertiary/aromatic N) is 4. The number of fused-ring (bicyclic) bond motifs is 12. The first-order valence-corrected chi connectivity index (χ1v) is 23.4. The van der Waals surface area contributed by atoms with Crippen LogP contribution in [0.5, 0.6) is 0 Å². The second kappa shape index (κ2) is 15.0. The summed E-state index contributed by atoms with van der Waals surface area (Å²) in [5, 5.41) is 8.62. The molecule has 0 atom stereocenters. The summed E-state index contributed by atoms with van der Waals surface area (Å²) in [5.41, 5.74) is 15.0. The second-order valence-electron chi connectivity index (χ2n) is 17.8. The molecule has 10 aromatic carbocycles. The monoisotopic (exact) mass is 896 g/mol. The van der Waals surface area contributed by atoms with Gasteiger partial charge in [-0.1, -0.05) is 170 Å². The van der Waals surface area contributed by atoms with Crippen molar-refractivity contribution in [2.45, 2.75) is 0 Å². The molecule has 0 saturated carbocycles. The van der Waals surface area contributed by atoms with E-state index in [0.29, 0.717) is 17.5 Å². The van der Waals surface area contributed by atoms with E-state index in [0.717, 1.165) is 121 Å². The van der Waals surface area contributed by atoms with Gasteiger partial charge in [-0.05, 0) is 65.2 Å². The molecular formula is C63H36N4O3. The molecule has 0 amide bonds. The standard InChI is InChI=1S/C63H36N4O3/c1-2-14-38(15-3-1)61-64-62(39-32-30-37(31-33-39)42-20-10-21-46-45-18-6-9-27-53(45)69-59(42)46)66-63(65-61)48-23-13-28-55-58(48)49-36-40(34-35-54(49)68-55)41-19-12-29-56-57(41)47-22-11-26-52(60(47)70-56)67-50-24-7-4-16-43(50)44-17-5-8-25-51(44)67/h1-36H. The van der Waals surface area contributed by atoms with Gasteiger partial charge in [-0.2, -0.15) is 0 Å². The lowest BCUT2D eigenvalue weighted by molar-refractivity contribution is 0.666. The maximum atomic E-state index is 6.87. The minimum absolute atomic E-state index is 0.555. The summed E-state index contributed by atoms with van der Waals surface area (Å²) in [6, 6.07) is 75.4. The van der Waals surface area contributed by atoms with Crippen LogP contribution in [0.3, 0.4) is 0 Å². The van der Waals surface area contributed by atoms with Gasteiger partial charge >= 0.3 is 0 Å². The molecule has 0 saturated heterocycles. The van der Waals surface area contributed by atoms with E-state index in [1.165, 1.54) is 10.8 Å². The Hall–Kier alpha value is -9.59. The van der Waals surface area contributed by atoms with E-state index in [9.17, 15) is 0 Å². The molecule has 0 radical (unpaired) electrons. The van der Waals surface area contributed by atoms with Gasteiger partial charge in [0.25, 0.3) is 0 Å². The predicted molar refractivity (Wildman–Crippen MR) is 283 cm³/mol. The quantitative estimate of drug-likeness (QED) is 0.165. The van der Waals surface area contributed by atoms with Gasteiger partial charge in [0.2, 0.25) is 0 Å². The normalized spacial score (nSPS) is 12.0. The fourth-order valence-electron chi connectivity index (χ4n) is 10.7. The Labute approximate surface area is 399 Å². The van der Waals surface area contributed by atoms with E-state index < -0.39 is 0 Å². The Morgan fingerprint density at radius 1 is 0.286 bits per heavy atom. The van der Waals surface area contributed by atoms with E-state index in [-0.39, 0.29) is 0 Å². The zero-order valence-electron chi connectivity index (χ0n) is 37.3. The molecule has 0 unspecified atom stereocenters. The Balaban J connectivity index is 0.875. The molecule has 0 spiro atoms. The first-order valence-electron chi connectivity index (χ1n) is 23.4. The van der Waals surface area contributed by atoms with Crippen molar-refractivity contribution in [1.82, 2.24) is 19.5 Å². The third-order valence-electron chi connectivity index (χ3n) is 13.9. The van der Waals surface area contributed by atoms with Crippen molar-refractivity contribution in [3.63, 3.8) is 0 Å². The number of aromatic nitrogens is 4. The number of para-hydroxylation sites is 5. The lowest BCUT2D eigenvalue weighted by Crippen LogP contribution is -2.00. The molecule has 15 aromatic rings. The lowest BCUT2D eigenvalue weighted by atomic mass is 9.97. The molecule has 0 aliphatic carbocycles. The molecule has 0 N–H and O–H groups in total. The van der Waals surface area contributed by atoms with Crippen molar-refractivity contribution in [3.8, 4) is 62.1 Å². The first-order chi connectivity index (χ1) is 34.7. The zero-order chi connectivity index (χ0) is 45.9. The topological polar surface area (TPSA) is 83.0 Å². The Bertz CT molecular complexity index is 4540. The molecule has 0 bridgehead atoms. The van der Waals surface area contributed by atoms with E-state index in [4.69, 9.17) is 28.2 Å². The van der Waals surface area contributed by atoms with Crippen LogP contribution in [0.2, 0.25) is 0 Å². The number of hydrogen-bond donors (Lipinski definition) is 0. The first kappa shape index (κ1) is 38.5.